The van der Waals surface area contributed by atoms with Gasteiger partial charge in [0.2, 0.25) is 0 Å². The third kappa shape index (κ3) is 3.31. The summed E-state index contributed by atoms with van der Waals surface area (Å²) in [5.41, 5.74) is -0.393. The van der Waals surface area contributed by atoms with Gasteiger partial charge in [0.25, 0.3) is 0 Å². The minimum atomic E-state index is -1.58. The molecule has 0 aromatic heterocycles. The summed E-state index contributed by atoms with van der Waals surface area (Å²) in [7, 11) is -1.58. The summed E-state index contributed by atoms with van der Waals surface area (Å²) in [6.07, 6.45) is 0. The molecule has 0 fully saturated rings. The zero-order chi connectivity index (χ0) is 13.0. The van der Waals surface area contributed by atoms with E-state index >= 15 is 0 Å². The van der Waals surface area contributed by atoms with Gasteiger partial charge in [-0.05, 0) is 11.1 Å². The van der Waals surface area contributed by atoms with Crippen molar-refractivity contribution in [1.29, 1.82) is 0 Å². The minimum absolute atomic E-state index is 0.684. The van der Waals surface area contributed by atoms with Crippen LogP contribution in [0.4, 0.5) is 0 Å². The molecule has 2 aromatic rings. The Morgan fingerprint density at radius 3 is 1.56 bits per heavy atom. The van der Waals surface area contributed by atoms with E-state index in [0.29, 0.717) is 11.1 Å². The molecule has 0 spiro atoms. The van der Waals surface area contributed by atoms with Crippen LogP contribution in [0.15, 0.2) is 60.7 Å². The molecule has 0 aliphatic carbocycles. The largest absolute Gasteiger partial charge is 0.259 e. The second-order valence-corrected chi connectivity index (χ2v) is 4.51. The van der Waals surface area contributed by atoms with E-state index in [1.807, 2.05) is 36.4 Å². The van der Waals surface area contributed by atoms with Crippen molar-refractivity contribution in [2.75, 3.05) is 0 Å². The van der Waals surface area contributed by atoms with Crippen molar-refractivity contribution in [3.63, 3.8) is 0 Å². The van der Waals surface area contributed by atoms with Crippen LogP contribution >= 0.6 is 0 Å². The molecular weight excluding hydrogens is 216 g/mol. The molecule has 1 nitrogen and oxygen atoms in total. The van der Waals surface area contributed by atoms with Crippen LogP contribution in [-0.2, 0) is 22.3 Å². The Morgan fingerprint density at radius 1 is 0.812 bits per heavy atom. The highest BCUT2D eigenvalue weighted by molar-refractivity contribution is 7.83. The van der Waals surface area contributed by atoms with E-state index in [0.717, 1.165) is 0 Å². The first kappa shape index (κ1) is 8.71. The molecule has 0 radical (unpaired) electrons. The molecule has 2 unspecified atom stereocenters. The van der Waals surface area contributed by atoms with Gasteiger partial charge in [0.05, 0.1) is 0 Å². The number of hydrogen-bond donors (Lipinski definition) is 0. The third-order valence-corrected chi connectivity index (χ3v) is 3.11. The maximum atomic E-state index is 12.2. The van der Waals surface area contributed by atoms with E-state index in [2.05, 4.69) is 0 Å². The van der Waals surface area contributed by atoms with Crippen LogP contribution in [0.1, 0.15) is 13.9 Å². The van der Waals surface area contributed by atoms with Crippen molar-refractivity contribution in [1.82, 2.24) is 0 Å². The van der Waals surface area contributed by atoms with E-state index < -0.39 is 22.3 Å². The predicted molar refractivity (Wildman–Crippen MR) is 68.4 cm³/mol. The normalized spacial score (nSPS) is 18.0. The summed E-state index contributed by atoms with van der Waals surface area (Å²) in [6.45, 7) is 0. The average molecular weight is 232 g/mol. The highest BCUT2D eigenvalue weighted by Crippen LogP contribution is 2.08. The second-order valence-electron chi connectivity index (χ2n) is 3.39. The van der Waals surface area contributed by atoms with Crippen LogP contribution in [-0.4, -0.2) is 4.21 Å². The highest BCUT2D eigenvalue weighted by Gasteiger charge is 2.02. The van der Waals surface area contributed by atoms with Crippen molar-refractivity contribution in [3.05, 3.63) is 71.8 Å². The smallest absolute Gasteiger partial charge is 0.0489 e. The van der Waals surface area contributed by atoms with Crippen molar-refractivity contribution in [2.24, 2.45) is 0 Å². The first-order chi connectivity index (χ1) is 8.70. The van der Waals surface area contributed by atoms with E-state index in [1.54, 1.807) is 24.3 Å². The predicted octanol–water partition coefficient (Wildman–Crippen LogP) is 3.14. The Balaban J connectivity index is 2.17. The second kappa shape index (κ2) is 5.61. The highest BCUT2D eigenvalue weighted by atomic mass is 32.2. The Morgan fingerprint density at radius 2 is 1.19 bits per heavy atom. The molecule has 0 amide bonds. The summed E-state index contributed by atoms with van der Waals surface area (Å²) in [5, 5.41) is 0. The van der Waals surface area contributed by atoms with Crippen molar-refractivity contribution < 1.29 is 6.95 Å². The standard InChI is InChI=1S/C14H14OS/c15-16(11-13-7-3-1-4-8-13)12-14-9-5-2-6-10-14/h1-10H,11-12H2/i11D,12D. The maximum absolute atomic E-state index is 12.2. The van der Waals surface area contributed by atoms with Crippen molar-refractivity contribution in [3.8, 4) is 0 Å². The lowest BCUT2D eigenvalue weighted by Crippen LogP contribution is -1.99. The molecular formula is C14H14OS. The van der Waals surface area contributed by atoms with Gasteiger partial charge in [-0.1, -0.05) is 60.7 Å². The third-order valence-electron chi connectivity index (χ3n) is 2.10. The van der Waals surface area contributed by atoms with Crippen molar-refractivity contribution in [2.45, 2.75) is 11.5 Å². The van der Waals surface area contributed by atoms with Crippen molar-refractivity contribution >= 4 is 10.8 Å². The van der Waals surface area contributed by atoms with E-state index in [-0.39, 0.29) is 0 Å². The molecule has 0 aliphatic rings. The number of hydrogen-bond acceptors (Lipinski definition) is 1. The maximum Gasteiger partial charge on any atom is 0.0489 e. The van der Waals surface area contributed by atoms with Crippen LogP contribution in [0.2, 0.25) is 0 Å². The molecule has 0 N–H and O–H groups in total. The minimum Gasteiger partial charge on any atom is -0.259 e. The van der Waals surface area contributed by atoms with Crippen LogP contribution in [0, 0.1) is 0 Å². The van der Waals surface area contributed by atoms with Gasteiger partial charge in [0, 0.05) is 25.0 Å². The van der Waals surface area contributed by atoms with Gasteiger partial charge in [-0.15, -0.1) is 0 Å². The van der Waals surface area contributed by atoms with E-state index in [1.165, 1.54) is 0 Å². The lowest BCUT2D eigenvalue weighted by atomic mass is 10.2. The first-order valence-corrected chi connectivity index (χ1v) is 6.31. The Labute approximate surface area is 101 Å². The zero-order valence-corrected chi connectivity index (χ0v) is 9.56. The molecule has 2 rings (SSSR count). The quantitative estimate of drug-likeness (QED) is 0.791. The zero-order valence-electron chi connectivity index (χ0n) is 10.7. The number of rotatable bonds is 4. The summed E-state index contributed by atoms with van der Waals surface area (Å²) in [5.74, 6) is 0. The average Bonchev–Trinajstić information content (AvgIpc) is 2.47. The van der Waals surface area contributed by atoms with E-state index in [9.17, 15) is 4.21 Å². The van der Waals surface area contributed by atoms with Gasteiger partial charge in [0.15, 0.2) is 0 Å². The van der Waals surface area contributed by atoms with Gasteiger partial charge in [-0.25, -0.2) is 0 Å². The first-order valence-electron chi connectivity index (χ1n) is 6.19. The fourth-order valence-electron chi connectivity index (χ4n) is 1.37. The molecule has 0 saturated carbocycles. The fraction of sp³-hybridized carbons (Fsp3) is 0.143. The van der Waals surface area contributed by atoms with Crippen LogP contribution in [0.3, 0.4) is 0 Å². The van der Waals surface area contributed by atoms with Crippen LogP contribution in [0.5, 0.6) is 0 Å². The Bertz CT molecular complexity index is 468. The lowest BCUT2D eigenvalue weighted by molar-refractivity contribution is 0.682. The molecule has 0 saturated heterocycles. The molecule has 0 bridgehead atoms. The fourth-order valence-corrected chi connectivity index (χ4v) is 2.28. The Kier molecular flexibility index (Phi) is 3.06. The van der Waals surface area contributed by atoms with E-state index in [4.69, 9.17) is 2.74 Å². The topological polar surface area (TPSA) is 17.1 Å². The summed E-state index contributed by atoms with van der Waals surface area (Å²) >= 11 is 0. The molecule has 16 heavy (non-hydrogen) atoms. The van der Waals surface area contributed by atoms with Gasteiger partial charge < -0.3 is 0 Å². The molecule has 2 aromatic carbocycles. The Hall–Kier alpha value is -1.41. The molecule has 0 aliphatic heterocycles. The molecule has 2 atom stereocenters. The van der Waals surface area contributed by atoms with Gasteiger partial charge in [-0.3, -0.25) is 4.21 Å². The van der Waals surface area contributed by atoms with Gasteiger partial charge >= 0.3 is 0 Å². The lowest BCUT2D eigenvalue weighted by Gasteiger charge is -2.02. The summed E-state index contributed by atoms with van der Waals surface area (Å²) < 4.78 is 28.1. The summed E-state index contributed by atoms with van der Waals surface area (Å²) in [4.78, 5) is 0. The monoisotopic (exact) mass is 232 g/mol. The van der Waals surface area contributed by atoms with Crippen LogP contribution < -0.4 is 0 Å². The van der Waals surface area contributed by atoms with Crippen LogP contribution in [0.25, 0.3) is 0 Å². The summed E-state index contributed by atoms with van der Waals surface area (Å²) in [6, 6.07) is 18.1. The molecule has 0 heterocycles. The van der Waals surface area contributed by atoms with Gasteiger partial charge in [-0.2, -0.15) is 0 Å². The van der Waals surface area contributed by atoms with Gasteiger partial charge in [0.1, 0.15) is 0 Å². The number of benzene rings is 2. The SMILES string of the molecule is [2H]C(c1ccccc1)S(=O)C([2H])c1ccccc1. The molecule has 2 heteroatoms. The molecule has 82 valence electrons.